The zero-order chi connectivity index (χ0) is 22.4. The highest BCUT2D eigenvalue weighted by atomic mass is 32.2. The van der Waals surface area contributed by atoms with Crippen LogP contribution in [0.25, 0.3) is 0 Å². The lowest BCUT2D eigenvalue weighted by molar-refractivity contribution is -0.123. The Morgan fingerprint density at radius 2 is 1.81 bits per heavy atom. The van der Waals surface area contributed by atoms with Gasteiger partial charge in [0.15, 0.2) is 6.10 Å². The molecular weight excluding hydrogens is 438 g/mol. The summed E-state index contributed by atoms with van der Waals surface area (Å²) in [6.07, 6.45) is 5.10. The summed E-state index contributed by atoms with van der Waals surface area (Å²) in [7, 11) is -3.53. The van der Waals surface area contributed by atoms with Gasteiger partial charge in [-0.1, -0.05) is 6.42 Å². The number of aromatic nitrogens is 1. The quantitative estimate of drug-likeness (QED) is 0.497. The standard InChI is InChI=1S/C21H25N3O5S2/c1-15(29-21(26)18-7-6-12-22-20(18)30-2)19(25)23-16-8-10-17(11-9-16)31(27,28)24-13-4-3-5-14-24/h6-12,15H,3-5,13-14H2,1-2H3,(H,23,25)/t15-/m1/s1. The number of benzene rings is 1. The minimum Gasteiger partial charge on any atom is -0.449 e. The summed E-state index contributed by atoms with van der Waals surface area (Å²) in [6.45, 7) is 2.52. The summed E-state index contributed by atoms with van der Waals surface area (Å²) in [5.41, 5.74) is 0.707. The maximum absolute atomic E-state index is 12.7. The van der Waals surface area contributed by atoms with Crippen molar-refractivity contribution in [3.8, 4) is 0 Å². The second kappa shape index (κ2) is 10.3. The summed E-state index contributed by atoms with van der Waals surface area (Å²) in [6, 6.07) is 9.20. The fourth-order valence-electron chi connectivity index (χ4n) is 3.19. The van der Waals surface area contributed by atoms with E-state index in [0.29, 0.717) is 29.4 Å². The number of anilines is 1. The smallest absolute Gasteiger partial charge is 0.341 e. The molecule has 2 aromatic rings. The van der Waals surface area contributed by atoms with Gasteiger partial charge in [0, 0.05) is 25.0 Å². The Morgan fingerprint density at radius 1 is 1.13 bits per heavy atom. The minimum atomic E-state index is -3.53. The largest absolute Gasteiger partial charge is 0.449 e. The molecular formula is C21H25N3O5S2. The van der Waals surface area contributed by atoms with Crippen LogP contribution >= 0.6 is 11.8 Å². The number of rotatable bonds is 7. The molecule has 1 fully saturated rings. The first-order valence-electron chi connectivity index (χ1n) is 9.94. The van der Waals surface area contributed by atoms with Crippen LogP contribution in [0.15, 0.2) is 52.5 Å². The van der Waals surface area contributed by atoms with Gasteiger partial charge in [0.1, 0.15) is 5.03 Å². The lowest BCUT2D eigenvalue weighted by atomic mass is 10.2. The number of esters is 1. The van der Waals surface area contributed by atoms with Gasteiger partial charge in [0.2, 0.25) is 10.0 Å². The van der Waals surface area contributed by atoms with Crippen LogP contribution in [0.2, 0.25) is 0 Å². The summed E-state index contributed by atoms with van der Waals surface area (Å²) in [5, 5.41) is 3.16. The maximum Gasteiger partial charge on any atom is 0.341 e. The lowest BCUT2D eigenvalue weighted by Gasteiger charge is -2.25. The van der Waals surface area contributed by atoms with E-state index in [1.54, 1.807) is 24.6 Å². The van der Waals surface area contributed by atoms with Crippen LogP contribution in [0.4, 0.5) is 5.69 Å². The van der Waals surface area contributed by atoms with Gasteiger partial charge >= 0.3 is 5.97 Å². The molecule has 10 heteroatoms. The zero-order valence-electron chi connectivity index (χ0n) is 17.4. The Hall–Kier alpha value is -2.43. The number of pyridine rings is 1. The third kappa shape index (κ3) is 5.63. The lowest BCUT2D eigenvalue weighted by Crippen LogP contribution is -2.35. The molecule has 2 heterocycles. The first-order valence-corrected chi connectivity index (χ1v) is 12.6. The van der Waals surface area contributed by atoms with Crippen molar-refractivity contribution in [3.63, 3.8) is 0 Å². The molecule has 31 heavy (non-hydrogen) atoms. The number of nitrogens with zero attached hydrogens (tertiary/aromatic N) is 2. The fraction of sp³-hybridized carbons (Fsp3) is 0.381. The van der Waals surface area contributed by atoms with Crippen molar-refractivity contribution in [1.82, 2.24) is 9.29 Å². The van der Waals surface area contributed by atoms with Crippen molar-refractivity contribution in [2.45, 2.75) is 42.2 Å². The highest BCUT2D eigenvalue weighted by Gasteiger charge is 2.26. The minimum absolute atomic E-state index is 0.188. The van der Waals surface area contributed by atoms with E-state index >= 15 is 0 Å². The number of carbonyl (C=O) groups is 2. The van der Waals surface area contributed by atoms with Gasteiger partial charge < -0.3 is 10.1 Å². The van der Waals surface area contributed by atoms with E-state index in [-0.39, 0.29) is 4.90 Å². The molecule has 0 spiro atoms. The van der Waals surface area contributed by atoms with E-state index in [9.17, 15) is 18.0 Å². The Labute approximate surface area is 186 Å². The van der Waals surface area contributed by atoms with Gasteiger partial charge in [-0.3, -0.25) is 4.79 Å². The number of thioether (sulfide) groups is 1. The molecule has 1 N–H and O–H groups in total. The van der Waals surface area contributed by atoms with Crippen LogP contribution in [0, 0.1) is 0 Å². The molecule has 0 unspecified atom stereocenters. The number of carbonyl (C=O) groups excluding carboxylic acids is 2. The normalized spacial score (nSPS) is 15.8. The number of hydrogen-bond acceptors (Lipinski definition) is 7. The molecule has 1 aliphatic heterocycles. The molecule has 8 nitrogen and oxygen atoms in total. The van der Waals surface area contributed by atoms with E-state index in [1.165, 1.54) is 47.3 Å². The molecule has 3 rings (SSSR count). The molecule has 1 saturated heterocycles. The molecule has 1 amide bonds. The molecule has 0 saturated carbocycles. The third-order valence-corrected chi connectivity index (χ3v) is 7.54. The van der Waals surface area contributed by atoms with Gasteiger partial charge in [-0.25, -0.2) is 18.2 Å². The third-order valence-electron chi connectivity index (χ3n) is 4.91. The van der Waals surface area contributed by atoms with Gasteiger partial charge in [-0.2, -0.15) is 4.31 Å². The molecule has 0 radical (unpaired) electrons. The first-order chi connectivity index (χ1) is 14.8. The Balaban J connectivity index is 1.61. The van der Waals surface area contributed by atoms with E-state index in [1.807, 2.05) is 0 Å². The molecule has 1 aromatic heterocycles. The monoisotopic (exact) mass is 463 g/mol. The van der Waals surface area contributed by atoms with Crippen LogP contribution < -0.4 is 5.32 Å². The Bertz CT molecular complexity index is 1040. The molecule has 1 aliphatic rings. The van der Waals surface area contributed by atoms with Crippen molar-refractivity contribution >= 4 is 39.3 Å². The van der Waals surface area contributed by atoms with Crippen molar-refractivity contribution in [1.29, 1.82) is 0 Å². The second-order valence-electron chi connectivity index (χ2n) is 7.09. The van der Waals surface area contributed by atoms with Gasteiger partial charge in [-0.15, -0.1) is 11.8 Å². The molecule has 166 valence electrons. The van der Waals surface area contributed by atoms with Crippen molar-refractivity contribution < 1.29 is 22.7 Å². The summed E-state index contributed by atoms with van der Waals surface area (Å²) < 4.78 is 32.2. The number of piperidine rings is 1. The number of amides is 1. The zero-order valence-corrected chi connectivity index (χ0v) is 19.0. The van der Waals surface area contributed by atoms with E-state index in [0.717, 1.165) is 19.3 Å². The number of ether oxygens (including phenoxy) is 1. The summed E-state index contributed by atoms with van der Waals surface area (Å²) in [5.74, 6) is -1.15. The second-order valence-corrected chi connectivity index (χ2v) is 9.82. The van der Waals surface area contributed by atoms with Crippen LogP contribution in [0.5, 0.6) is 0 Å². The van der Waals surface area contributed by atoms with E-state index < -0.39 is 28.0 Å². The Kier molecular flexibility index (Phi) is 7.69. The van der Waals surface area contributed by atoms with Crippen molar-refractivity contribution in [2.75, 3.05) is 24.7 Å². The van der Waals surface area contributed by atoms with Gasteiger partial charge in [-0.05, 0) is 62.4 Å². The average molecular weight is 464 g/mol. The van der Waals surface area contributed by atoms with Crippen molar-refractivity contribution in [3.05, 3.63) is 48.2 Å². The number of sulfonamides is 1. The highest BCUT2D eigenvalue weighted by molar-refractivity contribution is 7.98. The summed E-state index contributed by atoms with van der Waals surface area (Å²) >= 11 is 1.31. The molecule has 0 aliphatic carbocycles. The highest BCUT2D eigenvalue weighted by Crippen LogP contribution is 2.22. The average Bonchev–Trinajstić information content (AvgIpc) is 2.79. The van der Waals surface area contributed by atoms with E-state index in [2.05, 4.69) is 10.3 Å². The van der Waals surface area contributed by atoms with Crippen LogP contribution in [-0.2, 0) is 19.6 Å². The van der Waals surface area contributed by atoms with Crippen LogP contribution in [0.1, 0.15) is 36.5 Å². The SMILES string of the molecule is CSc1ncccc1C(=O)O[C@H](C)C(=O)Nc1ccc(S(=O)(=O)N2CCCCC2)cc1. The fourth-order valence-corrected chi connectivity index (χ4v) is 5.25. The topological polar surface area (TPSA) is 106 Å². The van der Waals surface area contributed by atoms with E-state index in [4.69, 9.17) is 4.74 Å². The summed E-state index contributed by atoms with van der Waals surface area (Å²) in [4.78, 5) is 29.1. The molecule has 1 aromatic carbocycles. The van der Waals surface area contributed by atoms with Crippen LogP contribution in [-0.4, -0.2) is 55.0 Å². The first kappa shape index (κ1) is 23.2. The van der Waals surface area contributed by atoms with Gasteiger partial charge in [0.25, 0.3) is 5.91 Å². The predicted octanol–water partition coefficient (Wildman–Crippen LogP) is 3.16. The van der Waals surface area contributed by atoms with Crippen LogP contribution in [0.3, 0.4) is 0 Å². The van der Waals surface area contributed by atoms with Crippen molar-refractivity contribution in [2.24, 2.45) is 0 Å². The maximum atomic E-state index is 12.7. The van der Waals surface area contributed by atoms with Gasteiger partial charge in [0.05, 0.1) is 10.5 Å². The molecule has 1 atom stereocenters. The molecule has 0 bridgehead atoms. The number of nitrogens with one attached hydrogen (secondary N) is 1. The Morgan fingerprint density at radius 3 is 2.45 bits per heavy atom. The predicted molar refractivity (Wildman–Crippen MR) is 119 cm³/mol. The number of hydrogen-bond donors (Lipinski definition) is 1.